The van der Waals surface area contributed by atoms with Gasteiger partial charge in [-0.05, 0) is 49.4 Å². The molecule has 0 aliphatic heterocycles. The predicted octanol–water partition coefficient (Wildman–Crippen LogP) is 21.3. The van der Waals surface area contributed by atoms with Gasteiger partial charge in [0.1, 0.15) is 19.3 Å². The molecule has 0 aromatic carbocycles. The molecule has 0 amide bonds. The van der Waals surface area contributed by atoms with Crippen molar-refractivity contribution in [1.82, 2.24) is 0 Å². The molecule has 0 fully saturated rings. The molecular weight excluding hydrogens is 1220 g/mol. The Balaban J connectivity index is 5.22. The van der Waals surface area contributed by atoms with E-state index in [1.807, 2.05) is 0 Å². The first-order valence-corrected chi connectivity index (χ1v) is 41.2. The Morgan fingerprint density at radius 2 is 0.516 bits per heavy atom. The van der Waals surface area contributed by atoms with Gasteiger partial charge < -0.3 is 33.8 Å². The SMILES string of the molecule is CCC(C)CCCCCCCCC(=O)OC[C@H](COP(=O)(O)OC[C@H](O)COP(=O)(O)OC[C@@H](COC(=O)CCCCCCCCCCCCCCCCC(C)C)OC(=O)CCCCCCCCCCCCCCCCC(C)C)OC(=O)CCCCCCCCC(C)C. The third-order valence-corrected chi connectivity index (χ3v) is 19.3. The summed E-state index contributed by atoms with van der Waals surface area (Å²) in [7, 11) is -9.91. The number of rotatable bonds is 71. The van der Waals surface area contributed by atoms with Gasteiger partial charge in [0, 0.05) is 25.7 Å². The van der Waals surface area contributed by atoms with Crippen LogP contribution in [0.3, 0.4) is 0 Å². The fourth-order valence-corrected chi connectivity index (χ4v) is 12.7. The zero-order valence-corrected chi connectivity index (χ0v) is 62.7. The lowest BCUT2D eigenvalue weighted by Crippen LogP contribution is -2.30. The Morgan fingerprint density at radius 3 is 0.763 bits per heavy atom. The third-order valence-electron chi connectivity index (χ3n) is 17.4. The van der Waals surface area contributed by atoms with E-state index in [9.17, 15) is 43.2 Å². The Kier molecular flexibility index (Phi) is 62.2. The van der Waals surface area contributed by atoms with Crippen LogP contribution in [0.2, 0.25) is 0 Å². The smallest absolute Gasteiger partial charge is 0.462 e. The highest BCUT2D eigenvalue weighted by Crippen LogP contribution is 2.45. The van der Waals surface area contributed by atoms with E-state index >= 15 is 0 Å². The summed E-state index contributed by atoms with van der Waals surface area (Å²) in [6.45, 7) is 14.1. The molecule has 0 aliphatic rings. The van der Waals surface area contributed by atoms with Crippen LogP contribution in [-0.4, -0.2) is 96.7 Å². The van der Waals surface area contributed by atoms with Crippen LogP contribution in [0, 0.1) is 23.7 Å². The maximum atomic E-state index is 13.1. The van der Waals surface area contributed by atoms with Gasteiger partial charge in [-0.3, -0.25) is 37.3 Å². The lowest BCUT2D eigenvalue weighted by atomic mass is 10.00. The maximum Gasteiger partial charge on any atom is 0.472 e. The average Bonchev–Trinajstić information content (AvgIpc) is 3.73. The highest BCUT2D eigenvalue weighted by molar-refractivity contribution is 7.47. The Hall–Kier alpha value is -1.94. The average molecular weight is 1370 g/mol. The first-order valence-electron chi connectivity index (χ1n) is 38.2. The molecule has 0 rings (SSSR count). The molecule has 17 nitrogen and oxygen atoms in total. The largest absolute Gasteiger partial charge is 0.472 e. The van der Waals surface area contributed by atoms with E-state index in [1.54, 1.807) is 0 Å². The van der Waals surface area contributed by atoms with E-state index in [1.165, 1.54) is 167 Å². The molecule has 0 saturated carbocycles. The maximum absolute atomic E-state index is 13.1. The minimum atomic E-state index is -4.96. The Labute approximate surface area is 568 Å². The molecule has 0 heterocycles. The Bertz CT molecular complexity index is 1840. The lowest BCUT2D eigenvalue weighted by Gasteiger charge is -2.21. The predicted molar refractivity (Wildman–Crippen MR) is 377 cm³/mol. The van der Waals surface area contributed by atoms with E-state index in [0.29, 0.717) is 31.6 Å². The minimum absolute atomic E-state index is 0.101. The molecule has 6 atom stereocenters. The van der Waals surface area contributed by atoms with Gasteiger partial charge in [0.15, 0.2) is 12.2 Å². The molecule has 0 spiro atoms. The normalized spacial score (nSPS) is 14.5. The van der Waals surface area contributed by atoms with Crippen LogP contribution in [0.5, 0.6) is 0 Å². The van der Waals surface area contributed by atoms with Crippen molar-refractivity contribution in [3.8, 4) is 0 Å². The summed E-state index contributed by atoms with van der Waals surface area (Å²) in [5.74, 6) is 0.866. The highest BCUT2D eigenvalue weighted by Gasteiger charge is 2.30. The molecule has 0 aliphatic carbocycles. The molecule has 3 N–H and O–H groups in total. The summed E-state index contributed by atoms with van der Waals surface area (Å²) in [5.41, 5.74) is 0. The summed E-state index contributed by atoms with van der Waals surface area (Å²) in [6, 6.07) is 0. The molecule has 0 bridgehead atoms. The van der Waals surface area contributed by atoms with Crippen LogP contribution >= 0.6 is 15.6 Å². The lowest BCUT2D eigenvalue weighted by molar-refractivity contribution is -0.161. The quantitative estimate of drug-likeness (QED) is 0.0222. The van der Waals surface area contributed by atoms with Crippen LogP contribution in [0.1, 0.15) is 370 Å². The van der Waals surface area contributed by atoms with Gasteiger partial charge in [-0.1, -0.05) is 319 Å². The molecule has 0 saturated heterocycles. The number of phosphoric acid groups is 2. The van der Waals surface area contributed by atoms with Gasteiger partial charge in [0.25, 0.3) is 0 Å². The van der Waals surface area contributed by atoms with Crippen molar-refractivity contribution in [3.63, 3.8) is 0 Å². The minimum Gasteiger partial charge on any atom is -0.462 e. The molecule has 19 heteroatoms. The van der Waals surface area contributed by atoms with Gasteiger partial charge in [-0.25, -0.2) is 9.13 Å². The number of aliphatic hydroxyl groups is 1. The molecular formula is C74H144O17P2. The summed E-state index contributed by atoms with van der Waals surface area (Å²) in [4.78, 5) is 72.6. The fourth-order valence-electron chi connectivity index (χ4n) is 11.2. The number of carbonyl (C=O) groups excluding carboxylic acids is 4. The number of carbonyl (C=O) groups is 4. The second kappa shape index (κ2) is 63.5. The zero-order chi connectivity index (χ0) is 68.9. The van der Waals surface area contributed by atoms with Crippen molar-refractivity contribution in [1.29, 1.82) is 0 Å². The molecule has 3 unspecified atom stereocenters. The topological polar surface area (TPSA) is 237 Å². The molecule has 552 valence electrons. The number of hydrogen-bond donors (Lipinski definition) is 3. The zero-order valence-electron chi connectivity index (χ0n) is 60.9. The van der Waals surface area contributed by atoms with Crippen LogP contribution in [0.4, 0.5) is 0 Å². The molecule has 93 heavy (non-hydrogen) atoms. The van der Waals surface area contributed by atoms with Gasteiger partial charge in [0.2, 0.25) is 0 Å². The number of ether oxygens (including phenoxy) is 4. The second-order valence-corrected chi connectivity index (χ2v) is 31.3. The first kappa shape index (κ1) is 91.1. The number of phosphoric ester groups is 2. The van der Waals surface area contributed by atoms with Crippen LogP contribution in [-0.2, 0) is 65.4 Å². The standard InChI is InChI=1S/C74H144O17P2/c1-9-67(8)53-45-37-31-33-39-47-55-72(77)85-61-70(91-74(79)57-49-41-32-30-36-44-52-66(6)7)63-89-93(82,83)87-59-68(75)58-86-92(80,81)88-62-69(90-73(78)56-48-40-29-25-21-17-13-11-15-19-23-27-35-43-51-65(4)5)60-84-71(76)54-46-38-28-24-20-16-12-10-14-18-22-26-34-42-50-64(2)3/h64-70,75H,9-63H2,1-8H3,(H,80,81)(H,82,83)/t67?,68-,69-,70-/m1/s1. The number of esters is 4. The van der Waals surface area contributed by atoms with Crippen LogP contribution < -0.4 is 0 Å². The summed E-state index contributed by atoms with van der Waals surface area (Å²) >= 11 is 0. The van der Waals surface area contributed by atoms with Gasteiger partial charge in [0.05, 0.1) is 26.4 Å². The van der Waals surface area contributed by atoms with E-state index in [0.717, 1.165) is 114 Å². The Morgan fingerprint density at radius 1 is 0.301 bits per heavy atom. The first-order chi connectivity index (χ1) is 44.6. The number of hydrogen-bond acceptors (Lipinski definition) is 15. The molecule has 0 radical (unpaired) electrons. The van der Waals surface area contributed by atoms with Crippen LogP contribution in [0.25, 0.3) is 0 Å². The van der Waals surface area contributed by atoms with Crippen molar-refractivity contribution in [2.75, 3.05) is 39.6 Å². The molecule has 0 aromatic heterocycles. The van der Waals surface area contributed by atoms with Gasteiger partial charge >= 0.3 is 39.5 Å². The van der Waals surface area contributed by atoms with E-state index < -0.39 is 97.5 Å². The van der Waals surface area contributed by atoms with Crippen LogP contribution in [0.15, 0.2) is 0 Å². The number of unbranched alkanes of at least 4 members (excludes halogenated alkanes) is 36. The highest BCUT2D eigenvalue weighted by atomic mass is 31.2. The van der Waals surface area contributed by atoms with Gasteiger partial charge in [-0.2, -0.15) is 0 Å². The van der Waals surface area contributed by atoms with E-state index in [-0.39, 0.29) is 25.7 Å². The number of aliphatic hydroxyl groups excluding tert-OH is 1. The summed E-state index contributed by atoms with van der Waals surface area (Å²) in [6.07, 6.45) is 47.4. The van der Waals surface area contributed by atoms with Crippen molar-refractivity contribution < 1.29 is 80.2 Å². The van der Waals surface area contributed by atoms with Crippen molar-refractivity contribution >= 4 is 39.5 Å². The van der Waals surface area contributed by atoms with E-state index in [2.05, 4.69) is 55.4 Å². The third kappa shape index (κ3) is 67.0. The summed E-state index contributed by atoms with van der Waals surface area (Å²) in [5, 5.41) is 10.6. The van der Waals surface area contributed by atoms with Crippen molar-refractivity contribution in [2.24, 2.45) is 23.7 Å². The van der Waals surface area contributed by atoms with Crippen molar-refractivity contribution in [2.45, 2.75) is 388 Å². The molecule has 0 aromatic rings. The monoisotopic (exact) mass is 1370 g/mol. The van der Waals surface area contributed by atoms with Crippen molar-refractivity contribution in [3.05, 3.63) is 0 Å². The van der Waals surface area contributed by atoms with Gasteiger partial charge in [-0.15, -0.1) is 0 Å². The fraction of sp³-hybridized carbons (Fsp3) is 0.946. The second-order valence-electron chi connectivity index (χ2n) is 28.4. The van der Waals surface area contributed by atoms with E-state index in [4.69, 9.17) is 37.0 Å². The summed E-state index contributed by atoms with van der Waals surface area (Å²) < 4.78 is 68.4.